The highest BCUT2D eigenvalue weighted by molar-refractivity contribution is 6.37. The van der Waals surface area contributed by atoms with E-state index in [0.717, 1.165) is 5.56 Å². The van der Waals surface area contributed by atoms with Crippen LogP contribution in [0.15, 0.2) is 36.5 Å². The average Bonchev–Trinajstić information content (AvgIpc) is 2.76. The third-order valence-corrected chi connectivity index (χ3v) is 5.12. The van der Waals surface area contributed by atoms with Gasteiger partial charge in [0.2, 0.25) is 0 Å². The first-order valence-electron chi connectivity index (χ1n) is 9.59. The Morgan fingerprint density at radius 3 is 2.68 bits per heavy atom. The van der Waals surface area contributed by atoms with Crippen molar-refractivity contribution in [2.24, 2.45) is 0 Å². The van der Waals surface area contributed by atoms with Crippen molar-refractivity contribution < 1.29 is 14.6 Å². The second kappa shape index (κ2) is 10.4. The van der Waals surface area contributed by atoms with Gasteiger partial charge in [0.15, 0.2) is 0 Å². The summed E-state index contributed by atoms with van der Waals surface area (Å²) in [7, 11) is 1.52. The molecule has 0 amide bonds. The smallest absolute Gasteiger partial charge is 0.139 e. The molecule has 0 unspecified atom stereocenters. The molecule has 0 aliphatic rings. The molecule has 2 N–H and O–H groups in total. The Morgan fingerprint density at radius 1 is 1.19 bits per heavy atom. The maximum atomic E-state index is 9.67. The number of halogens is 2. The van der Waals surface area contributed by atoms with Crippen molar-refractivity contribution >= 4 is 51.6 Å². The summed E-state index contributed by atoms with van der Waals surface area (Å²) in [6.07, 6.45) is 5.79. The van der Waals surface area contributed by atoms with Gasteiger partial charge in [0.1, 0.15) is 17.6 Å². The standard InChI is InChI=1S/C23H21Cl2N3O3/c1-3-31-21-9-16-19(8-14(21)6-4-5-7-29)27-13-15(12-26)23(16)28-20-11-22(30-2)18(25)10-17(20)24/h4,6,8-11,13,29H,3,5,7H2,1-2H3,(H,27,28). The van der Waals surface area contributed by atoms with Gasteiger partial charge in [-0.15, -0.1) is 0 Å². The van der Waals surface area contributed by atoms with E-state index in [9.17, 15) is 5.26 Å². The number of nitrogens with zero attached hydrogens (tertiary/aromatic N) is 2. The minimum atomic E-state index is 0.0667. The summed E-state index contributed by atoms with van der Waals surface area (Å²) in [6.45, 7) is 2.44. The Labute approximate surface area is 190 Å². The Morgan fingerprint density at radius 2 is 2.00 bits per heavy atom. The lowest BCUT2D eigenvalue weighted by molar-refractivity contribution is 0.303. The molecule has 3 rings (SSSR count). The summed E-state index contributed by atoms with van der Waals surface area (Å²) in [5.41, 5.74) is 2.94. The molecule has 2 aromatic carbocycles. The molecule has 0 aliphatic heterocycles. The maximum Gasteiger partial charge on any atom is 0.139 e. The van der Waals surface area contributed by atoms with E-state index in [1.165, 1.54) is 13.3 Å². The molecule has 0 saturated carbocycles. The molecule has 1 heterocycles. The van der Waals surface area contributed by atoms with Gasteiger partial charge in [-0.3, -0.25) is 4.98 Å². The molecular weight excluding hydrogens is 437 g/mol. The molecule has 160 valence electrons. The fourth-order valence-electron chi connectivity index (χ4n) is 3.07. The monoisotopic (exact) mass is 457 g/mol. The number of ether oxygens (including phenoxy) is 2. The summed E-state index contributed by atoms with van der Waals surface area (Å²) in [5, 5.41) is 23.4. The molecule has 0 saturated heterocycles. The van der Waals surface area contributed by atoms with Gasteiger partial charge in [0.05, 0.1) is 46.2 Å². The van der Waals surface area contributed by atoms with Crippen LogP contribution in [-0.4, -0.2) is 30.4 Å². The second-order valence-corrected chi connectivity index (χ2v) is 7.32. The van der Waals surface area contributed by atoms with E-state index in [2.05, 4.69) is 16.4 Å². The summed E-state index contributed by atoms with van der Waals surface area (Å²) in [6, 6.07) is 9.14. The Balaban J connectivity index is 2.18. The maximum absolute atomic E-state index is 9.67. The van der Waals surface area contributed by atoms with Gasteiger partial charge < -0.3 is 19.9 Å². The van der Waals surface area contributed by atoms with Gasteiger partial charge in [0, 0.05) is 29.8 Å². The van der Waals surface area contributed by atoms with Crippen molar-refractivity contribution in [3.63, 3.8) is 0 Å². The van der Waals surface area contributed by atoms with Crippen molar-refractivity contribution in [1.29, 1.82) is 5.26 Å². The Bertz CT molecular complexity index is 1170. The van der Waals surface area contributed by atoms with Crippen LogP contribution in [0, 0.1) is 11.3 Å². The van der Waals surface area contributed by atoms with Crippen LogP contribution in [0.2, 0.25) is 10.0 Å². The van der Waals surface area contributed by atoms with Gasteiger partial charge in [0.25, 0.3) is 0 Å². The highest BCUT2D eigenvalue weighted by Gasteiger charge is 2.15. The summed E-state index contributed by atoms with van der Waals surface area (Å²) in [4.78, 5) is 4.43. The van der Waals surface area contributed by atoms with E-state index in [1.54, 1.807) is 12.1 Å². The Hall–Kier alpha value is -2.98. The predicted octanol–water partition coefficient (Wildman–Crippen LogP) is 5.96. The number of benzene rings is 2. The molecule has 8 heteroatoms. The number of nitriles is 1. The number of aliphatic hydroxyl groups excluding tert-OH is 1. The summed E-state index contributed by atoms with van der Waals surface area (Å²) < 4.78 is 11.1. The van der Waals surface area contributed by atoms with Crippen molar-refractivity contribution in [2.75, 3.05) is 25.6 Å². The van der Waals surface area contributed by atoms with Gasteiger partial charge in [-0.25, -0.2) is 0 Å². The van der Waals surface area contributed by atoms with E-state index in [4.69, 9.17) is 37.8 Å². The number of pyridine rings is 1. The minimum absolute atomic E-state index is 0.0667. The topological polar surface area (TPSA) is 87.4 Å². The fraction of sp³-hybridized carbons (Fsp3) is 0.217. The quantitative estimate of drug-likeness (QED) is 0.433. The molecule has 0 spiro atoms. The van der Waals surface area contributed by atoms with Crippen LogP contribution < -0.4 is 14.8 Å². The third kappa shape index (κ3) is 5.02. The lowest BCUT2D eigenvalue weighted by Crippen LogP contribution is -2.00. The summed E-state index contributed by atoms with van der Waals surface area (Å²) >= 11 is 12.5. The van der Waals surface area contributed by atoms with E-state index >= 15 is 0 Å². The average molecular weight is 458 g/mol. The number of fused-ring (bicyclic) bond motifs is 1. The zero-order valence-electron chi connectivity index (χ0n) is 17.1. The van der Waals surface area contributed by atoms with Crippen molar-refractivity contribution in [1.82, 2.24) is 4.98 Å². The normalized spacial score (nSPS) is 11.0. The number of nitrogens with one attached hydrogen (secondary N) is 1. The van der Waals surface area contributed by atoms with Crippen LogP contribution >= 0.6 is 23.2 Å². The number of rotatable bonds is 8. The van der Waals surface area contributed by atoms with E-state index in [0.29, 0.717) is 62.4 Å². The highest BCUT2D eigenvalue weighted by atomic mass is 35.5. The van der Waals surface area contributed by atoms with E-state index in [-0.39, 0.29) is 6.61 Å². The molecule has 3 aromatic rings. The zero-order chi connectivity index (χ0) is 22.4. The third-order valence-electron chi connectivity index (χ3n) is 4.51. The molecule has 31 heavy (non-hydrogen) atoms. The molecule has 6 nitrogen and oxygen atoms in total. The molecule has 0 aliphatic carbocycles. The number of anilines is 2. The Kier molecular flexibility index (Phi) is 7.59. The lowest BCUT2D eigenvalue weighted by Gasteiger charge is -2.16. The number of aliphatic hydroxyl groups is 1. The lowest BCUT2D eigenvalue weighted by atomic mass is 10.0. The van der Waals surface area contributed by atoms with Crippen LogP contribution in [0.3, 0.4) is 0 Å². The highest BCUT2D eigenvalue weighted by Crippen LogP contribution is 2.39. The number of hydrogen-bond donors (Lipinski definition) is 2. The fourth-order valence-corrected chi connectivity index (χ4v) is 3.57. The van der Waals surface area contributed by atoms with Crippen molar-refractivity contribution in [2.45, 2.75) is 13.3 Å². The van der Waals surface area contributed by atoms with Gasteiger partial charge in [-0.05, 0) is 31.5 Å². The first-order valence-corrected chi connectivity index (χ1v) is 10.3. The molecule has 0 fully saturated rings. The minimum Gasteiger partial charge on any atom is -0.495 e. The summed E-state index contributed by atoms with van der Waals surface area (Å²) in [5.74, 6) is 1.10. The zero-order valence-corrected chi connectivity index (χ0v) is 18.6. The van der Waals surface area contributed by atoms with Crippen molar-refractivity contribution in [3.05, 3.63) is 57.7 Å². The van der Waals surface area contributed by atoms with E-state index < -0.39 is 0 Å². The molecule has 0 bridgehead atoms. The van der Waals surface area contributed by atoms with Crippen LogP contribution in [0.25, 0.3) is 17.0 Å². The van der Waals surface area contributed by atoms with Crippen LogP contribution in [-0.2, 0) is 0 Å². The van der Waals surface area contributed by atoms with Crippen LogP contribution in [0.4, 0.5) is 11.4 Å². The predicted molar refractivity (Wildman–Crippen MR) is 125 cm³/mol. The SMILES string of the molecule is CCOc1cc2c(Nc3cc(OC)c(Cl)cc3Cl)c(C#N)cnc2cc1C=CCCO. The molecule has 1 aromatic heterocycles. The first-order chi connectivity index (χ1) is 15.0. The number of hydrogen-bond acceptors (Lipinski definition) is 6. The van der Waals surface area contributed by atoms with Gasteiger partial charge >= 0.3 is 0 Å². The second-order valence-electron chi connectivity index (χ2n) is 6.51. The van der Waals surface area contributed by atoms with Crippen LogP contribution in [0.5, 0.6) is 11.5 Å². The van der Waals surface area contributed by atoms with Crippen molar-refractivity contribution in [3.8, 4) is 17.6 Å². The number of methoxy groups -OCH3 is 1. The molecule has 0 radical (unpaired) electrons. The first kappa shape index (κ1) is 22.7. The van der Waals surface area contributed by atoms with Gasteiger partial charge in [-0.2, -0.15) is 5.26 Å². The molecule has 0 atom stereocenters. The molecular formula is C23H21Cl2N3O3. The van der Waals surface area contributed by atoms with E-state index in [1.807, 2.05) is 31.2 Å². The van der Waals surface area contributed by atoms with Gasteiger partial charge in [-0.1, -0.05) is 35.4 Å². The van der Waals surface area contributed by atoms with Crippen LogP contribution in [0.1, 0.15) is 24.5 Å². The largest absolute Gasteiger partial charge is 0.495 e. The number of aromatic nitrogens is 1.